The smallest absolute Gasteiger partial charge is 0.346 e. The highest BCUT2D eigenvalue weighted by Gasteiger charge is 2.20. The Balaban J connectivity index is 2.68. The number of benzene rings is 1. The minimum absolute atomic E-state index is 0.0528. The Morgan fingerprint density at radius 1 is 1.18 bits per heavy atom. The van der Waals surface area contributed by atoms with Crippen molar-refractivity contribution in [3.05, 3.63) is 23.8 Å². The van der Waals surface area contributed by atoms with E-state index in [9.17, 15) is 9.59 Å². The molecule has 1 N–H and O–H groups in total. The fourth-order valence-electron chi connectivity index (χ4n) is 2.08. The lowest BCUT2D eigenvalue weighted by Crippen LogP contribution is -2.35. The Kier molecular flexibility index (Phi) is 7.22. The highest BCUT2D eigenvalue weighted by molar-refractivity contribution is 5.96. The zero-order chi connectivity index (χ0) is 16.5. The highest BCUT2D eigenvalue weighted by Crippen LogP contribution is 2.28. The van der Waals surface area contributed by atoms with Gasteiger partial charge in [-0.1, -0.05) is 19.4 Å². The van der Waals surface area contributed by atoms with Crippen LogP contribution in [0.4, 0.5) is 0 Å². The third kappa shape index (κ3) is 4.95. The molecule has 0 aliphatic rings. The number of ether oxygens (including phenoxy) is 3. The summed E-state index contributed by atoms with van der Waals surface area (Å²) >= 11 is 0. The Bertz CT molecular complexity index is 493. The van der Waals surface area contributed by atoms with Crippen LogP contribution in [0.15, 0.2) is 18.2 Å². The van der Waals surface area contributed by atoms with Gasteiger partial charge in [0.2, 0.25) is 0 Å². The summed E-state index contributed by atoms with van der Waals surface area (Å²) < 4.78 is 15.3. The topological polar surface area (TPSA) is 73.9 Å². The molecule has 0 radical (unpaired) electrons. The quantitative estimate of drug-likeness (QED) is 0.745. The summed E-state index contributed by atoms with van der Waals surface area (Å²) in [5.41, 5.74) is 0.168. The first-order chi connectivity index (χ1) is 10.5. The molecule has 6 heteroatoms. The molecular formula is C16H23NO5. The standard InChI is InChI=1S/C16H23NO5/c1-5-7-11(2)17-14(18)10-22-16(19)15-12(20-3)8-6-9-13(15)21-4/h6,8-9,11H,5,7,10H2,1-4H3,(H,17,18). The SMILES string of the molecule is CCCC(C)NC(=O)COC(=O)c1c(OC)cccc1OC. The van der Waals surface area contributed by atoms with Gasteiger partial charge in [0.25, 0.3) is 5.91 Å². The van der Waals surface area contributed by atoms with Crippen molar-refractivity contribution in [2.75, 3.05) is 20.8 Å². The summed E-state index contributed by atoms with van der Waals surface area (Å²) in [5.74, 6) is -0.316. The monoisotopic (exact) mass is 309 g/mol. The summed E-state index contributed by atoms with van der Waals surface area (Å²) in [6.45, 7) is 3.61. The lowest BCUT2D eigenvalue weighted by Gasteiger charge is -2.14. The van der Waals surface area contributed by atoms with Crippen molar-refractivity contribution < 1.29 is 23.8 Å². The number of hydrogen-bond donors (Lipinski definition) is 1. The molecule has 122 valence electrons. The van der Waals surface area contributed by atoms with Crippen LogP contribution in [-0.2, 0) is 9.53 Å². The molecule has 1 rings (SSSR count). The van der Waals surface area contributed by atoms with Gasteiger partial charge >= 0.3 is 5.97 Å². The largest absolute Gasteiger partial charge is 0.496 e. The number of esters is 1. The van der Waals surface area contributed by atoms with Crippen LogP contribution < -0.4 is 14.8 Å². The second kappa shape index (κ2) is 8.92. The fourth-order valence-corrected chi connectivity index (χ4v) is 2.08. The average molecular weight is 309 g/mol. The van der Waals surface area contributed by atoms with E-state index in [1.54, 1.807) is 18.2 Å². The lowest BCUT2D eigenvalue weighted by atomic mass is 10.2. The van der Waals surface area contributed by atoms with Crippen molar-refractivity contribution in [2.45, 2.75) is 32.7 Å². The second-order valence-electron chi connectivity index (χ2n) is 4.87. The van der Waals surface area contributed by atoms with Crippen LogP contribution in [-0.4, -0.2) is 38.7 Å². The van der Waals surface area contributed by atoms with Crippen LogP contribution in [0.5, 0.6) is 11.5 Å². The lowest BCUT2D eigenvalue weighted by molar-refractivity contribution is -0.124. The zero-order valence-electron chi connectivity index (χ0n) is 13.5. The maximum atomic E-state index is 12.2. The van der Waals surface area contributed by atoms with Gasteiger partial charge in [0.15, 0.2) is 6.61 Å². The molecule has 0 bridgehead atoms. The molecule has 0 saturated carbocycles. The maximum Gasteiger partial charge on any atom is 0.346 e. The van der Waals surface area contributed by atoms with Crippen molar-refractivity contribution in [2.24, 2.45) is 0 Å². The Morgan fingerprint density at radius 2 is 1.77 bits per heavy atom. The molecular weight excluding hydrogens is 286 g/mol. The van der Waals surface area contributed by atoms with Crippen molar-refractivity contribution in [3.63, 3.8) is 0 Å². The molecule has 6 nitrogen and oxygen atoms in total. The number of methoxy groups -OCH3 is 2. The summed E-state index contributed by atoms with van der Waals surface area (Å²) in [4.78, 5) is 23.9. The van der Waals surface area contributed by atoms with E-state index in [4.69, 9.17) is 14.2 Å². The summed E-state index contributed by atoms with van der Waals surface area (Å²) in [5, 5.41) is 2.77. The first-order valence-electron chi connectivity index (χ1n) is 7.20. The van der Waals surface area contributed by atoms with Gasteiger partial charge in [-0.25, -0.2) is 4.79 Å². The number of rotatable bonds is 8. The van der Waals surface area contributed by atoms with E-state index >= 15 is 0 Å². The van der Waals surface area contributed by atoms with Gasteiger partial charge in [0, 0.05) is 6.04 Å². The van der Waals surface area contributed by atoms with Gasteiger partial charge in [-0.05, 0) is 25.5 Å². The van der Waals surface area contributed by atoms with Gasteiger partial charge in [0.1, 0.15) is 17.1 Å². The summed E-state index contributed by atoms with van der Waals surface area (Å²) in [7, 11) is 2.90. The molecule has 1 aromatic carbocycles. The number of carbonyl (C=O) groups is 2. The van der Waals surface area contributed by atoms with Crippen LogP contribution in [0.2, 0.25) is 0 Å². The van der Waals surface area contributed by atoms with E-state index in [0.29, 0.717) is 11.5 Å². The van der Waals surface area contributed by atoms with Crippen LogP contribution in [0.3, 0.4) is 0 Å². The van der Waals surface area contributed by atoms with Gasteiger partial charge < -0.3 is 19.5 Å². The summed E-state index contributed by atoms with van der Waals surface area (Å²) in [6, 6.07) is 5.01. The number of carbonyl (C=O) groups excluding carboxylic acids is 2. The van der Waals surface area contributed by atoms with Crippen LogP contribution >= 0.6 is 0 Å². The Labute approximate surface area is 130 Å². The molecule has 0 aromatic heterocycles. The average Bonchev–Trinajstić information content (AvgIpc) is 2.51. The molecule has 1 atom stereocenters. The Hall–Kier alpha value is -2.24. The fraction of sp³-hybridized carbons (Fsp3) is 0.500. The number of amides is 1. The van der Waals surface area contributed by atoms with Crippen LogP contribution in [0.1, 0.15) is 37.0 Å². The molecule has 22 heavy (non-hydrogen) atoms. The highest BCUT2D eigenvalue weighted by atomic mass is 16.5. The molecule has 0 aliphatic carbocycles. The number of hydrogen-bond acceptors (Lipinski definition) is 5. The molecule has 0 spiro atoms. The third-order valence-electron chi connectivity index (χ3n) is 3.10. The third-order valence-corrected chi connectivity index (χ3v) is 3.10. The predicted molar refractivity (Wildman–Crippen MR) is 82.3 cm³/mol. The zero-order valence-corrected chi connectivity index (χ0v) is 13.5. The molecule has 1 amide bonds. The summed E-state index contributed by atoms with van der Waals surface area (Å²) in [6.07, 6.45) is 1.85. The molecule has 1 aromatic rings. The van der Waals surface area contributed by atoms with E-state index in [1.165, 1.54) is 14.2 Å². The van der Waals surface area contributed by atoms with Gasteiger partial charge in [-0.3, -0.25) is 4.79 Å². The van der Waals surface area contributed by atoms with E-state index < -0.39 is 5.97 Å². The van der Waals surface area contributed by atoms with E-state index in [-0.39, 0.29) is 24.1 Å². The molecule has 1 unspecified atom stereocenters. The van der Waals surface area contributed by atoms with Crippen molar-refractivity contribution >= 4 is 11.9 Å². The van der Waals surface area contributed by atoms with E-state index in [0.717, 1.165) is 12.8 Å². The Morgan fingerprint density at radius 3 is 2.27 bits per heavy atom. The van der Waals surface area contributed by atoms with Crippen LogP contribution in [0.25, 0.3) is 0 Å². The van der Waals surface area contributed by atoms with Gasteiger partial charge in [0.05, 0.1) is 14.2 Å². The van der Waals surface area contributed by atoms with E-state index in [1.807, 2.05) is 13.8 Å². The normalized spacial score (nSPS) is 11.5. The van der Waals surface area contributed by atoms with Gasteiger partial charge in [-0.15, -0.1) is 0 Å². The molecule has 0 aliphatic heterocycles. The predicted octanol–water partition coefficient (Wildman–Crippen LogP) is 2.17. The second-order valence-corrected chi connectivity index (χ2v) is 4.87. The van der Waals surface area contributed by atoms with Crippen molar-refractivity contribution in [3.8, 4) is 11.5 Å². The first-order valence-corrected chi connectivity index (χ1v) is 7.20. The molecule has 0 saturated heterocycles. The minimum Gasteiger partial charge on any atom is -0.496 e. The van der Waals surface area contributed by atoms with Crippen LogP contribution in [0, 0.1) is 0 Å². The van der Waals surface area contributed by atoms with Crippen molar-refractivity contribution in [1.82, 2.24) is 5.32 Å². The molecule has 0 heterocycles. The maximum absolute atomic E-state index is 12.2. The number of nitrogens with one attached hydrogen (secondary N) is 1. The van der Waals surface area contributed by atoms with Crippen molar-refractivity contribution in [1.29, 1.82) is 0 Å². The minimum atomic E-state index is -0.660. The molecule has 0 fully saturated rings. The van der Waals surface area contributed by atoms with Gasteiger partial charge in [-0.2, -0.15) is 0 Å². The first kappa shape index (κ1) is 17.8. The van der Waals surface area contributed by atoms with E-state index in [2.05, 4.69) is 5.32 Å².